The van der Waals surface area contributed by atoms with Gasteiger partial charge in [0.05, 0.1) is 11.6 Å². The van der Waals surface area contributed by atoms with Crippen LogP contribution in [0.15, 0.2) is 84.9 Å². The molecular formula is C32H40N2. The molecule has 3 aromatic carbocycles. The molecule has 1 saturated heterocycles. The van der Waals surface area contributed by atoms with Gasteiger partial charge in [-0.3, -0.25) is 4.90 Å². The first-order valence-electron chi connectivity index (χ1n) is 13.3. The first-order chi connectivity index (χ1) is 16.7. The fraction of sp³-hybridized carbons (Fsp3) is 0.438. The molecule has 5 rings (SSSR count). The van der Waals surface area contributed by atoms with Gasteiger partial charge in [0.1, 0.15) is 6.17 Å². The van der Waals surface area contributed by atoms with Crippen molar-refractivity contribution in [2.24, 2.45) is 5.92 Å². The van der Waals surface area contributed by atoms with Gasteiger partial charge in [-0.25, -0.2) is 0 Å². The Hall–Kier alpha value is -2.58. The number of aryl methyl sites for hydroxylation is 1. The summed E-state index contributed by atoms with van der Waals surface area (Å²) in [5, 5.41) is 0. The summed E-state index contributed by atoms with van der Waals surface area (Å²) >= 11 is 0. The highest BCUT2D eigenvalue weighted by atomic mass is 15.5. The normalized spacial score (nSPS) is 26.9. The van der Waals surface area contributed by atoms with Crippen molar-refractivity contribution in [2.45, 2.75) is 76.5 Å². The highest BCUT2D eigenvalue weighted by Crippen LogP contribution is 2.56. The molecular weight excluding hydrogens is 412 g/mol. The Morgan fingerprint density at radius 1 is 0.706 bits per heavy atom. The van der Waals surface area contributed by atoms with Crippen LogP contribution in [-0.2, 0) is 5.54 Å². The van der Waals surface area contributed by atoms with Crippen LogP contribution < -0.4 is 4.90 Å². The number of para-hydroxylation sites is 1. The van der Waals surface area contributed by atoms with Crippen molar-refractivity contribution in [3.05, 3.63) is 102 Å². The summed E-state index contributed by atoms with van der Waals surface area (Å²) in [5.74, 6) is 0.635. The maximum absolute atomic E-state index is 2.75. The molecule has 1 heterocycles. The van der Waals surface area contributed by atoms with Crippen LogP contribution in [0.3, 0.4) is 0 Å². The highest BCUT2D eigenvalue weighted by molar-refractivity contribution is 5.59. The number of hydrogen-bond acceptors (Lipinski definition) is 2. The second-order valence-electron chi connectivity index (χ2n) is 10.5. The topological polar surface area (TPSA) is 6.48 Å². The molecule has 0 radical (unpaired) electrons. The molecule has 0 amide bonds. The van der Waals surface area contributed by atoms with Gasteiger partial charge in [-0.15, -0.1) is 0 Å². The molecule has 2 fully saturated rings. The lowest BCUT2D eigenvalue weighted by Gasteiger charge is -2.47. The Morgan fingerprint density at radius 3 is 1.91 bits per heavy atom. The molecule has 3 atom stereocenters. The Morgan fingerprint density at radius 2 is 1.26 bits per heavy atom. The van der Waals surface area contributed by atoms with Crippen LogP contribution in [0.25, 0.3) is 0 Å². The monoisotopic (exact) mass is 452 g/mol. The number of likely N-dealkylation sites (N-methyl/N-ethyl adjacent to an activating group) is 1. The average molecular weight is 453 g/mol. The predicted octanol–water partition coefficient (Wildman–Crippen LogP) is 8.09. The minimum absolute atomic E-state index is 0.0403. The molecule has 2 aliphatic rings. The second kappa shape index (κ2) is 9.96. The standard InChI is InChI=1S/C32H40N2/c1-25-17-15-16-24-30(25)34-26(2)32(29-22-13-8-14-23-29,28-20-11-5-4-6-12-21-28)33(3)31(34)27-18-9-7-10-19-27/h7-10,13-19,22-24,26,28,31H,4-6,11-12,20-21H2,1-3H3/t26-,31?,32?/m0/s1. The van der Waals surface area contributed by atoms with Gasteiger partial charge < -0.3 is 4.90 Å². The summed E-state index contributed by atoms with van der Waals surface area (Å²) in [6.45, 7) is 4.76. The lowest BCUT2D eigenvalue weighted by molar-refractivity contribution is 0.0435. The van der Waals surface area contributed by atoms with Gasteiger partial charge >= 0.3 is 0 Å². The molecule has 34 heavy (non-hydrogen) atoms. The maximum Gasteiger partial charge on any atom is 0.109 e. The summed E-state index contributed by atoms with van der Waals surface area (Å²) in [6.07, 6.45) is 9.67. The second-order valence-corrected chi connectivity index (χ2v) is 10.5. The highest BCUT2D eigenvalue weighted by Gasteiger charge is 2.58. The lowest BCUT2D eigenvalue weighted by Crippen LogP contribution is -2.52. The zero-order valence-corrected chi connectivity index (χ0v) is 21.2. The molecule has 2 heteroatoms. The molecule has 1 aliphatic carbocycles. The average Bonchev–Trinajstić information content (AvgIpc) is 3.08. The summed E-state index contributed by atoms with van der Waals surface area (Å²) in [5.41, 5.74) is 5.53. The lowest BCUT2D eigenvalue weighted by atomic mass is 9.68. The van der Waals surface area contributed by atoms with Crippen molar-refractivity contribution in [1.82, 2.24) is 4.90 Å². The van der Waals surface area contributed by atoms with Crippen LogP contribution in [0.1, 0.15) is 74.7 Å². The van der Waals surface area contributed by atoms with E-state index >= 15 is 0 Å². The van der Waals surface area contributed by atoms with E-state index in [1.807, 2.05) is 0 Å². The number of hydrogen-bond donors (Lipinski definition) is 0. The van der Waals surface area contributed by atoms with Gasteiger partial charge in [-0.2, -0.15) is 0 Å². The van der Waals surface area contributed by atoms with Gasteiger partial charge in [-0.05, 0) is 62.4 Å². The van der Waals surface area contributed by atoms with E-state index in [1.54, 1.807) is 0 Å². The molecule has 2 unspecified atom stereocenters. The zero-order valence-electron chi connectivity index (χ0n) is 21.2. The Bertz CT molecular complexity index is 1050. The third kappa shape index (κ3) is 3.86. The molecule has 0 N–H and O–H groups in total. The number of nitrogens with zero attached hydrogens (tertiary/aromatic N) is 2. The van der Waals surface area contributed by atoms with Gasteiger partial charge in [0.15, 0.2) is 0 Å². The van der Waals surface area contributed by atoms with E-state index in [9.17, 15) is 0 Å². The summed E-state index contributed by atoms with van der Waals surface area (Å²) in [6, 6.07) is 31.9. The number of anilines is 1. The van der Waals surface area contributed by atoms with Crippen molar-refractivity contribution in [3.63, 3.8) is 0 Å². The molecule has 3 aromatic rings. The molecule has 0 bridgehead atoms. The van der Waals surface area contributed by atoms with E-state index < -0.39 is 0 Å². The molecule has 1 aliphatic heterocycles. The SMILES string of the molecule is Cc1ccccc1N1C(c2ccccc2)N(C)C(c2ccccc2)(C2CCCCCCC2)[C@@H]1C. The largest absolute Gasteiger partial charge is 0.347 e. The van der Waals surface area contributed by atoms with Crippen LogP contribution in [0.4, 0.5) is 5.69 Å². The van der Waals surface area contributed by atoms with Crippen molar-refractivity contribution in [1.29, 1.82) is 0 Å². The summed E-state index contributed by atoms with van der Waals surface area (Å²) in [4.78, 5) is 5.48. The fourth-order valence-corrected chi connectivity index (χ4v) is 7.22. The van der Waals surface area contributed by atoms with E-state index in [4.69, 9.17) is 0 Å². The minimum atomic E-state index is -0.0403. The van der Waals surface area contributed by atoms with Crippen LogP contribution >= 0.6 is 0 Å². The summed E-state index contributed by atoms with van der Waals surface area (Å²) < 4.78 is 0. The molecule has 178 valence electrons. The number of benzene rings is 3. The first-order valence-corrected chi connectivity index (χ1v) is 13.3. The van der Waals surface area contributed by atoms with E-state index in [1.165, 1.54) is 67.3 Å². The van der Waals surface area contributed by atoms with Gasteiger partial charge in [0.2, 0.25) is 0 Å². The van der Waals surface area contributed by atoms with E-state index in [2.05, 4.69) is 116 Å². The molecule has 1 saturated carbocycles. The fourth-order valence-electron chi connectivity index (χ4n) is 7.22. The summed E-state index contributed by atoms with van der Waals surface area (Å²) in [7, 11) is 2.40. The Kier molecular flexibility index (Phi) is 6.79. The number of rotatable bonds is 4. The Balaban J connectivity index is 1.73. The maximum atomic E-state index is 2.75. The van der Waals surface area contributed by atoms with Crippen molar-refractivity contribution >= 4 is 5.69 Å². The van der Waals surface area contributed by atoms with Crippen LogP contribution in [0.2, 0.25) is 0 Å². The van der Waals surface area contributed by atoms with Crippen LogP contribution in [0.5, 0.6) is 0 Å². The Labute approximate surface area is 206 Å². The van der Waals surface area contributed by atoms with Crippen LogP contribution in [-0.4, -0.2) is 18.0 Å². The van der Waals surface area contributed by atoms with Crippen molar-refractivity contribution < 1.29 is 0 Å². The third-order valence-electron chi connectivity index (χ3n) is 8.72. The first kappa shape index (κ1) is 23.2. The van der Waals surface area contributed by atoms with E-state index in [0.29, 0.717) is 12.0 Å². The van der Waals surface area contributed by atoms with Gasteiger partial charge in [0.25, 0.3) is 0 Å². The predicted molar refractivity (Wildman–Crippen MR) is 144 cm³/mol. The molecule has 0 aromatic heterocycles. The quantitative estimate of drug-likeness (QED) is 0.395. The minimum Gasteiger partial charge on any atom is -0.347 e. The van der Waals surface area contributed by atoms with Gasteiger partial charge in [0, 0.05) is 5.69 Å². The van der Waals surface area contributed by atoms with E-state index in [-0.39, 0.29) is 11.7 Å². The van der Waals surface area contributed by atoms with Crippen LogP contribution in [0, 0.1) is 12.8 Å². The zero-order chi connectivity index (χ0) is 23.5. The smallest absolute Gasteiger partial charge is 0.109 e. The molecule has 2 nitrogen and oxygen atoms in total. The van der Waals surface area contributed by atoms with Crippen molar-refractivity contribution in [2.75, 3.05) is 11.9 Å². The third-order valence-corrected chi connectivity index (χ3v) is 8.72. The van der Waals surface area contributed by atoms with E-state index in [0.717, 1.165) is 0 Å². The van der Waals surface area contributed by atoms with Crippen molar-refractivity contribution in [3.8, 4) is 0 Å². The molecule has 0 spiro atoms. The van der Waals surface area contributed by atoms with Gasteiger partial charge in [-0.1, -0.05) is 111 Å².